The van der Waals surface area contributed by atoms with Crippen LogP contribution in [0.1, 0.15) is 6.42 Å². The standard InChI is InChI=1S/C3H14OSSi3/c4-8(7-6)3-1-2-5/h4-5,8H,1-3,7H2,6H3. The first-order valence-corrected chi connectivity index (χ1v) is 14.0. The Hall–Kier alpha value is 0.961. The Morgan fingerprint density at radius 1 is 1.75 bits per heavy atom. The molecule has 0 fully saturated rings. The molecule has 0 rings (SSSR count). The predicted octanol–water partition coefficient (Wildman–Crippen LogP) is -2.03. The van der Waals surface area contributed by atoms with E-state index in [0.717, 1.165) is 18.2 Å². The molecule has 1 N–H and O–H groups in total. The molecule has 1 unspecified atom stereocenters. The highest BCUT2D eigenvalue weighted by atomic mass is 32.1. The van der Waals surface area contributed by atoms with Gasteiger partial charge in [0.05, 0.1) is 0 Å². The first-order chi connectivity index (χ1) is 3.81. The predicted molar refractivity (Wildman–Crippen MR) is 51.1 cm³/mol. The highest BCUT2D eigenvalue weighted by Crippen LogP contribution is 1.93. The Labute approximate surface area is 62.8 Å². The lowest BCUT2D eigenvalue weighted by Gasteiger charge is -2.00. The third kappa shape index (κ3) is 5.10. The largest absolute Gasteiger partial charge is 0.439 e. The average Bonchev–Trinajstić information content (AvgIpc) is 1.83. The number of hydrogen-bond acceptors (Lipinski definition) is 2. The van der Waals surface area contributed by atoms with Gasteiger partial charge in [-0.1, -0.05) is 0 Å². The van der Waals surface area contributed by atoms with Crippen molar-refractivity contribution < 1.29 is 4.80 Å². The molecular formula is C3H14OSSi3. The van der Waals surface area contributed by atoms with E-state index in [-0.39, 0.29) is 8.55 Å². The minimum atomic E-state index is -1.05. The van der Waals surface area contributed by atoms with Gasteiger partial charge in [-0.25, -0.2) is 0 Å². The zero-order valence-electron chi connectivity index (χ0n) is 5.30. The van der Waals surface area contributed by atoms with Gasteiger partial charge in [0.2, 0.25) is 0 Å². The van der Waals surface area contributed by atoms with Crippen LogP contribution in [0.15, 0.2) is 0 Å². The van der Waals surface area contributed by atoms with Gasteiger partial charge in [0.15, 0.2) is 0 Å². The van der Waals surface area contributed by atoms with Gasteiger partial charge < -0.3 is 4.80 Å². The van der Waals surface area contributed by atoms with Crippen LogP contribution >= 0.6 is 12.6 Å². The second-order valence-corrected chi connectivity index (χ2v) is 17.7. The van der Waals surface area contributed by atoms with Gasteiger partial charge in [-0.05, 0) is 28.0 Å². The van der Waals surface area contributed by atoms with E-state index in [9.17, 15) is 4.80 Å². The molecular weight excluding hydrogens is 168 g/mol. The van der Waals surface area contributed by atoms with Gasteiger partial charge in [-0.3, -0.25) is 0 Å². The van der Waals surface area contributed by atoms with E-state index in [1.165, 1.54) is 9.76 Å². The summed E-state index contributed by atoms with van der Waals surface area (Å²) in [6, 6.07) is 1.14. The highest BCUT2D eigenvalue weighted by molar-refractivity contribution is 7.80. The minimum Gasteiger partial charge on any atom is -0.439 e. The summed E-state index contributed by atoms with van der Waals surface area (Å²) in [5.41, 5.74) is 0. The van der Waals surface area contributed by atoms with Crippen molar-refractivity contribution in [2.75, 3.05) is 5.75 Å². The van der Waals surface area contributed by atoms with Crippen LogP contribution in [0.5, 0.6) is 0 Å². The highest BCUT2D eigenvalue weighted by Gasteiger charge is 2.00. The minimum absolute atomic E-state index is 0.117. The molecule has 5 heteroatoms. The molecule has 50 valence electrons. The van der Waals surface area contributed by atoms with Crippen molar-refractivity contribution in [1.29, 1.82) is 0 Å². The summed E-state index contributed by atoms with van der Waals surface area (Å²) in [5, 5.41) is 0. The second kappa shape index (κ2) is 6.09. The summed E-state index contributed by atoms with van der Waals surface area (Å²) in [6.45, 7) is 0. The quantitative estimate of drug-likeness (QED) is 0.380. The van der Waals surface area contributed by atoms with Crippen molar-refractivity contribution in [3.63, 3.8) is 0 Å². The monoisotopic (exact) mass is 182 g/mol. The molecule has 0 radical (unpaired) electrons. The van der Waals surface area contributed by atoms with E-state index in [1.807, 2.05) is 0 Å². The second-order valence-electron chi connectivity index (χ2n) is 1.93. The first kappa shape index (κ1) is 8.96. The van der Waals surface area contributed by atoms with Crippen LogP contribution in [-0.4, -0.2) is 37.4 Å². The van der Waals surface area contributed by atoms with E-state index in [2.05, 4.69) is 12.6 Å². The fourth-order valence-corrected chi connectivity index (χ4v) is 7.91. The van der Waals surface area contributed by atoms with Gasteiger partial charge in [0, 0.05) is 8.55 Å². The molecule has 0 heterocycles. The Morgan fingerprint density at radius 2 is 2.38 bits per heavy atom. The third-order valence-corrected chi connectivity index (χ3v) is 16.0. The molecule has 0 amide bonds. The molecule has 0 spiro atoms. The summed E-state index contributed by atoms with van der Waals surface area (Å²) < 4.78 is 0. The fourth-order valence-electron chi connectivity index (χ4n) is 0.531. The number of hydrogen-bond donors (Lipinski definition) is 2. The lowest BCUT2D eigenvalue weighted by atomic mass is 10.6. The summed E-state index contributed by atoms with van der Waals surface area (Å²) in [5.74, 6) is 0.958. The van der Waals surface area contributed by atoms with E-state index in [4.69, 9.17) is 0 Å². The van der Waals surface area contributed by atoms with E-state index in [0.29, 0.717) is 0 Å². The fraction of sp³-hybridized carbons (Fsp3) is 1.00. The number of thiol groups is 1. The lowest BCUT2D eigenvalue weighted by molar-refractivity contribution is 0.589. The molecule has 0 saturated carbocycles. The molecule has 1 nitrogen and oxygen atoms in total. The van der Waals surface area contributed by atoms with Gasteiger partial charge >= 0.3 is 0 Å². The summed E-state index contributed by atoms with van der Waals surface area (Å²) in [7, 11) is 0.385. The zero-order valence-corrected chi connectivity index (χ0v) is 10.8. The molecule has 0 bridgehead atoms. The normalized spacial score (nSPS) is 15.8. The maximum Gasteiger partial charge on any atom is 0.150 e. The van der Waals surface area contributed by atoms with Crippen molar-refractivity contribution in [3.05, 3.63) is 0 Å². The number of rotatable bonds is 4. The summed E-state index contributed by atoms with van der Waals surface area (Å²) >= 11 is 4.07. The molecule has 8 heavy (non-hydrogen) atoms. The van der Waals surface area contributed by atoms with Gasteiger partial charge in [-0.15, -0.1) is 0 Å². The molecule has 0 aromatic carbocycles. The molecule has 0 aromatic rings. The van der Waals surface area contributed by atoms with Crippen molar-refractivity contribution in [2.24, 2.45) is 0 Å². The average molecular weight is 182 g/mol. The van der Waals surface area contributed by atoms with Crippen molar-refractivity contribution in [1.82, 2.24) is 0 Å². The third-order valence-electron chi connectivity index (χ3n) is 1.17. The zero-order chi connectivity index (χ0) is 6.41. The van der Waals surface area contributed by atoms with Crippen LogP contribution in [0.25, 0.3) is 0 Å². The molecule has 0 aliphatic carbocycles. The Morgan fingerprint density at radius 3 is 2.75 bits per heavy atom. The van der Waals surface area contributed by atoms with Gasteiger partial charge in [0.1, 0.15) is 8.56 Å². The maximum absolute atomic E-state index is 9.19. The van der Waals surface area contributed by atoms with Gasteiger partial charge in [-0.2, -0.15) is 12.6 Å². The van der Waals surface area contributed by atoms with E-state index >= 15 is 0 Å². The van der Waals surface area contributed by atoms with Crippen LogP contribution in [0.2, 0.25) is 6.04 Å². The lowest BCUT2D eigenvalue weighted by Crippen LogP contribution is -2.21. The van der Waals surface area contributed by atoms with E-state index in [1.54, 1.807) is 0 Å². The molecule has 0 saturated heterocycles. The van der Waals surface area contributed by atoms with Crippen LogP contribution in [0, 0.1) is 0 Å². The van der Waals surface area contributed by atoms with Crippen LogP contribution < -0.4 is 0 Å². The Balaban J connectivity index is 2.86. The van der Waals surface area contributed by atoms with Crippen LogP contribution in [-0.2, 0) is 0 Å². The van der Waals surface area contributed by atoms with Crippen molar-refractivity contribution in [2.45, 2.75) is 12.5 Å². The van der Waals surface area contributed by atoms with E-state index < -0.39 is 8.56 Å². The van der Waals surface area contributed by atoms with Crippen molar-refractivity contribution >= 4 is 39.5 Å². The maximum atomic E-state index is 9.19. The molecule has 0 aliphatic rings. The van der Waals surface area contributed by atoms with Crippen molar-refractivity contribution in [3.8, 4) is 0 Å². The SMILES string of the molecule is O[SiH](CCCS)[SiH2][SiH3]. The molecule has 0 aliphatic heterocycles. The smallest absolute Gasteiger partial charge is 0.150 e. The van der Waals surface area contributed by atoms with Crippen LogP contribution in [0.3, 0.4) is 0 Å². The Bertz CT molecular complexity index is 53.8. The Kier molecular flexibility index (Phi) is 6.82. The molecule has 1 atom stereocenters. The summed E-state index contributed by atoms with van der Waals surface area (Å²) in [6.07, 6.45) is 1.14. The molecule has 0 aromatic heterocycles. The topological polar surface area (TPSA) is 20.2 Å². The van der Waals surface area contributed by atoms with Gasteiger partial charge in [0.25, 0.3) is 0 Å². The first-order valence-electron chi connectivity index (χ1n) is 3.10. The van der Waals surface area contributed by atoms with Crippen LogP contribution in [0.4, 0.5) is 0 Å². The summed E-state index contributed by atoms with van der Waals surface area (Å²) in [4.78, 5) is 9.19.